The second-order valence-corrected chi connectivity index (χ2v) is 7.04. The van der Waals surface area contributed by atoms with Gasteiger partial charge in [-0.1, -0.05) is 17.7 Å². The molecule has 26 heavy (non-hydrogen) atoms. The summed E-state index contributed by atoms with van der Waals surface area (Å²) >= 11 is 0. The summed E-state index contributed by atoms with van der Waals surface area (Å²) < 4.78 is 5.39. The molecule has 1 N–H and O–H groups in total. The van der Waals surface area contributed by atoms with E-state index in [9.17, 15) is 4.79 Å². The number of carbonyl (C=O) groups excluding carboxylic acids is 1. The number of aryl methyl sites for hydroxylation is 2. The highest BCUT2D eigenvalue weighted by molar-refractivity contribution is 5.92. The molecule has 1 aliphatic heterocycles. The summed E-state index contributed by atoms with van der Waals surface area (Å²) in [6.45, 7) is 5.15. The van der Waals surface area contributed by atoms with E-state index in [0.29, 0.717) is 6.42 Å². The number of fused-ring (bicyclic) bond motifs is 1. The summed E-state index contributed by atoms with van der Waals surface area (Å²) in [6.07, 6.45) is 4.25. The Morgan fingerprint density at radius 3 is 2.77 bits per heavy atom. The molecule has 6 nitrogen and oxygen atoms in total. The summed E-state index contributed by atoms with van der Waals surface area (Å²) in [4.78, 5) is 24.1. The standard InChI is InChI=1S/C20H24N4O2/c1-14-2-5-17(6-3-14)22-19(25)15-4-7-18-16(12-15)13-21-20(23-18)24-8-10-26-11-9-24/h2-3,5-6,13,15H,4,7-12H2,1H3,(H,22,25)/t15-/m0/s1. The summed E-state index contributed by atoms with van der Waals surface area (Å²) in [6, 6.07) is 7.91. The van der Waals surface area contributed by atoms with Crippen molar-refractivity contribution in [2.45, 2.75) is 26.2 Å². The minimum Gasteiger partial charge on any atom is -0.378 e. The van der Waals surface area contributed by atoms with Gasteiger partial charge >= 0.3 is 0 Å². The Balaban J connectivity index is 1.42. The highest BCUT2D eigenvalue weighted by Gasteiger charge is 2.27. The van der Waals surface area contributed by atoms with Crippen LogP contribution in [0.2, 0.25) is 0 Å². The van der Waals surface area contributed by atoms with Gasteiger partial charge in [-0.2, -0.15) is 0 Å². The van der Waals surface area contributed by atoms with Crippen molar-refractivity contribution in [1.29, 1.82) is 0 Å². The molecule has 1 amide bonds. The number of carbonyl (C=O) groups is 1. The van der Waals surface area contributed by atoms with Crippen LogP contribution in [0.1, 0.15) is 23.2 Å². The normalized spacial score (nSPS) is 19.7. The van der Waals surface area contributed by atoms with E-state index in [0.717, 1.165) is 62.0 Å². The van der Waals surface area contributed by atoms with Gasteiger partial charge in [-0.05, 0) is 43.9 Å². The third-order valence-corrected chi connectivity index (χ3v) is 5.12. The maximum atomic E-state index is 12.6. The number of rotatable bonds is 3. The van der Waals surface area contributed by atoms with Crippen LogP contribution in [0.15, 0.2) is 30.5 Å². The number of ether oxygens (including phenoxy) is 1. The van der Waals surface area contributed by atoms with Crippen molar-refractivity contribution in [2.24, 2.45) is 5.92 Å². The van der Waals surface area contributed by atoms with Gasteiger partial charge < -0.3 is 15.0 Å². The number of hydrogen-bond acceptors (Lipinski definition) is 5. The van der Waals surface area contributed by atoms with Crippen molar-refractivity contribution in [2.75, 3.05) is 36.5 Å². The van der Waals surface area contributed by atoms with Crippen LogP contribution in [0.4, 0.5) is 11.6 Å². The molecule has 6 heteroatoms. The maximum Gasteiger partial charge on any atom is 0.227 e. The van der Waals surface area contributed by atoms with Crippen LogP contribution in [0.5, 0.6) is 0 Å². The smallest absolute Gasteiger partial charge is 0.227 e. The molecule has 136 valence electrons. The van der Waals surface area contributed by atoms with Gasteiger partial charge in [0.25, 0.3) is 0 Å². The van der Waals surface area contributed by atoms with Crippen molar-refractivity contribution in [3.63, 3.8) is 0 Å². The van der Waals surface area contributed by atoms with Gasteiger partial charge in [0.1, 0.15) is 0 Å². The molecule has 0 radical (unpaired) electrons. The second-order valence-electron chi connectivity index (χ2n) is 7.04. The molecule has 1 fully saturated rings. The lowest BCUT2D eigenvalue weighted by Gasteiger charge is -2.28. The molecule has 0 bridgehead atoms. The zero-order valence-electron chi connectivity index (χ0n) is 15.1. The van der Waals surface area contributed by atoms with Crippen LogP contribution in [0.3, 0.4) is 0 Å². The topological polar surface area (TPSA) is 67.4 Å². The van der Waals surface area contributed by atoms with E-state index in [-0.39, 0.29) is 11.8 Å². The maximum absolute atomic E-state index is 12.6. The first kappa shape index (κ1) is 17.0. The molecule has 0 saturated carbocycles. The molecule has 0 spiro atoms. The van der Waals surface area contributed by atoms with Crippen LogP contribution in [0.25, 0.3) is 0 Å². The highest BCUT2D eigenvalue weighted by Crippen LogP contribution is 2.26. The van der Waals surface area contributed by atoms with Crippen LogP contribution in [-0.4, -0.2) is 42.2 Å². The van der Waals surface area contributed by atoms with E-state index in [1.165, 1.54) is 5.56 Å². The number of benzene rings is 1. The van der Waals surface area contributed by atoms with Crippen LogP contribution in [0, 0.1) is 12.8 Å². The number of nitrogens with one attached hydrogen (secondary N) is 1. The first-order valence-electron chi connectivity index (χ1n) is 9.24. The van der Waals surface area contributed by atoms with Gasteiger partial charge in [-0.15, -0.1) is 0 Å². The van der Waals surface area contributed by atoms with Gasteiger partial charge in [-0.3, -0.25) is 4.79 Å². The Bertz CT molecular complexity index is 785. The summed E-state index contributed by atoms with van der Waals surface area (Å²) in [5, 5.41) is 3.03. The quantitative estimate of drug-likeness (QED) is 0.918. The van der Waals surface area contributed by atoms with Gasteiger partial charge in [0, 0.05) is 36.6 Å². The molecule has 1 aromatic heterocycles. The Labute approximate surface area is 153 Å². The lowest BCUT2D eigenvalue weighted by molar-refractivity contribution is -0.120. The molecule has 1 aliphatic carbocycles. The van der Waals surface area contributed by atoms with Crippen LogP contribution < -0.4 is 10.2 Å². The first-order chi connectivity index (χ1) is 12.7. The zero-order chi connectivity index (χ0) is 17.9. The molecule has 2 aromatic rings. The number of morpholine rings is 1. The van der Waals surface area contributed by atoms with Crippen molar-refractivity contribution < 1.29 is 9.53 Å². The predicted octanol–water partition coefficient (Wildman–Crippen LogP) is 2.37. The van der Waals surface area contributed by atoms with Crippen LogP contribution in [-0.2, 0) is 22.4 Å². The molecule has 1 atom stereocenters. The minimum atomic E-state index is -0.0263. The highest BCUT2D eigenvalue weighted by atomic mass is 16.5. The Morgan fingerprint density at radius 1 is 1.23 bits per heavy atom. The average Bonchev–Trinajstić information content (AvgIpc) is 2.69. The number of hydrogen-bond donors (Lipinski definition) is 1. The lowest BCUT2D eigenvalue weighted by atomic mass is 9.86. The number of nitrogens with zero attached hydrogens (tertiary/aromatic N) is 3. The largest absolute Gasteiger partial charge is 0.378 e. The fraction of sp³-hybridized carbons (Fsp3) is 0.450. The Hall–Kier alpha value is -2.47. The predicted molar refractivity (Wildman–Crippen MR) is 100 cm³/mol. The van der Waals surface area contributed by atoms with E-state index in [2.05, 4.69) is 15.2 Å². The first-order valence-corrected chi connectivity index (χ1v) is 9.24. The SMILES string of the molecule is Cc1ccc(NC(=O)[C@H]2CCc3nc(N4CCOCC4)ncc3C2)cc1. The average molecular weight is 352 g/mol. The van der Waals surface area contributed by atoms with Crippen molar-refractivity contribution in [3.05, 3.63) is 47.3 Å². The summed E-state index contributed by atoms with van der Waals surface area (Å²) in [7, 11) is 0. The molecule has 4 rings (SSSR count). The van der Waals surface area contributed by atoms with Gasteiger partial charge in [0.15, 0.2) is 0 Å². The molecular weight excluding hydrogens is 328 g/mol. The van der Waals surface area contributed by atoms with E-state index in [1.54, 1.807) is 0 Å². The molecule has 1 saturated heterocycles. The van der Waals surface area contributed by atoms with Gasteiger partial charge in [0.2, 0.25) is 11.9 Å². The van der Waals surface area contributed by atoms with E-state index in [4.69, 9.17) is 9.72 Å². The molecule has 1 aromatic carbocycles. The van der Waals surface area contributed by atoms with Crippen molar-refractivity contribution in [3.8, 4) is 0 Å². The number of aromatic nitrogens is 2. The molecular formula is C20H24N4O2. The third-order valence-electron chi connectivity index (χ3n) is 5.12. The lowest BCUT2D eigenvalue weighted by Crippen LogP contribution is -2.38. The number of amides is 1. The van der Waals surface area contributed by atoms with Gasteiger partial charge in [0.05, 0.1) is 13.2 Å². The fourth-order valence-corrected chi connectivity index (χ4v) is 3.52. The van der Waals surface area contributed by atoms with E-state index >= 15 is 0 Å². The summed E-state index contributed by atoms with van der Waals surface area (Å²) in [5.41, 5.74) is 4.21. The van der Waals surface area contributed by atoms with Crippen molar-refractivity contribution >= 4 is 17.5 Å². The van der Waals surface area contributed by atoms with E-state index in [1.807, 2.05) is 37.4 Å². The van der Waals surface area contributed by atoms with E-state index < -0.39 is 0 Å². The van der Waals surface area contributed by atoms with Crippen molar-refractivity contribution in [1.82, 2.24) is 9.97 Å². The zero-order valence-corrected chi connectivity index (χ0v) is 15.1. The molecule has 0 unspecified atom stereocenters. The van der Waals surface area contributed by atoms with Crippen LogP contribution >= 0.6 is 0 Å². The Kier molecular flexibility index (Phi) is 4.84. The molecule has 2 heterocycles. The monoisotopic (exact) mass is 352 g/mol. The second kappa shape index (κ2) is 7.41. The minimum absolute atomic E-state index is 0.0263. The third kappa shape index (κ3) is 3.70. The Morgan fingerprint density at radius 2 is 2.00 bits per heavy atom. The fourth-order valence-electron chi connectivity index (χ4n) is 3.52. The van der Waals surface area contributed by atoms with Gasteiger partial charge in [-0.25, -0.2) is 9.97 Å². The number of anilines is 2. The summed E-state index contributed by atoms with van der Waals surface area (Å²) in [5.74, 6) is 0.841. The molecule has 2 aliphatic rings.